The summed E-state index contributed by atoms with van der Waals surface area (Å²) in [5.41, 5.74) is 0. The number of carboxylic acid groups (broad SMARTS) is 1. The SMILES string of the molecule is CC(C)CCCNC(=O)N1CCC(C(=O)O)C1C. The van der Waals surface area contributed by atoms with E-state index in [0.717, 1.165) is 12.8 Å². The van der Waals surface area contributed by atoms with Crippen molar-refractivity contribution in [1.29, 1.82) is 0 Å². The summed E-state index contributed by atoms with van der Waals surface area (Å²) in [6, 6.07) is -0.345. The second-order valence-corrected chi connectivity index (χ2v) is 5.44. The Kier molecular flexibility index (Phi) is 5.44. The van der Waals surface area contributed by atoms with E-state index < -0.39 is 11.9 Å². The van der Waals surface area contributed by atoms with E-state index in [1.165, 1.54) is 0 Å². The van der Waals surface area contributed by atoms with Crippen molar-refractivity contribution in [2.24, 2.45) is 11.8 Å². The van der Waals surface area contributed by atoms with Crippen molar-refractivity contribution in [2.45, 2.75) is 46.1 Å². The Morgan fingerprint density at radius 1 is 1.44 bits per heavy atom. The zero-order valence-corrected chi connectivity index (χ0v) is 11.5. The molecule has 0 bridgehead atoms. The van der Waals surface area contributed by atoms with Gasteiger partial charge >= 0.3 is 12.0 Å². The molecular formula is C13H24N2O3. The minimum absolute atomic E-state index is 0.130. The average molecular weight is 256 g/mol. The summed E-state index contributed by atoms with van der Waals surface area (Å²) in [6.45, 7) is 7.31. The predicted molar refractivity (Wildman–Crippen MR) is 69.4 cm³/mol. The highest BCUT2D eigenvalue weighted by Gasteiger charge is 2.37. The van der Waals surface area contributed by atoms with Gasteiger partial charge in [-0.2, -0.15) is 0 Å². The van der Waals surface area contributed by atoms with Crippen molar-refractivity contribution in [1.82, 2.24) is 10.2 Å². The second-order valence-electron chi connectivity index (χ2n) is 5.44. The topological polar surface area (TPSA) is 69.6 Å². The van der Waals surface area contributed by atoms with Crippen LogP contribution in [0.4, 0.5) is 4.79 Å². The number of carboxylic acids is 1. The minimum Gasteiger partial charge on any atom is -0.481 e. The zero-order valence-electron chi connectivity index (χ0n) is 11.5. The van der Waals surface area contributed by atoms with Gasteiger partial charge in [-0.3, -0.25) is 4.79 Å². The lowest BCUT2D eigenvalue weighted by atomic mass is 10.0. The van der Waals surface area contributed by atoms with Crippen LogP contribution < -0.4 is 5.32 Å². The molecule has 5 heteroatoms. The molecule has 0 radical (unpaired) electrons. The molecular weight excluding hydrogens is 232 g/mol. The fraction of sp³-hybridized carbons (Fsp3) is 0.846. The summed E-state index contributed by atoms with van der Waals surface area (Å²) in [5.74, 6) is -0.590. The van der Waals surface area contributed by atoms with Crippen molar-refractivity contribution < 1.29 is 14.7 Å². The van der Waals surface area contributed by atoms with E-state index >= 15 is 0 Å². The predicted octanol–water partition coefficient (Wildman–Crippen LogP) is 1.93. The fourth-order valence-corrected chi connectivity index (χ4v) is 2.36. The molecule has 1 aliphatic rings. The third-order valence-electron chi connectivity index (χ3n) is 3.57. The van der Waals surface area contributed by atoms with Gasteiger partial charge in [0.1, 0.15) is 0 Å². The van der Waals surface area contributed by atoms with Crippen LogP contribution in [0.2, 0.25) is 0 Å². The normalized spacial score (nSPS) is 23.4. The average Bonchev–Trinajstić information content (AvgIpc) is 2.66. The van der Waals surface area contributed by atoms with Crippen LogP contribution in [0.5, 0.6) is 0 Å². The molecule has 0 spiro atoms. The van der Waals surface area contributed by atoms with Gasteiger partial charge < -0.3 is 15.3 Å². The van der Waals surface area contributed by atoms with Crippen LogP contribution in [0.1, 0.15) is 40.0 Å². The highest BCUT2D eigenvalue weighted by atomic mass is 16.4. The van der Waals surface area contributed by atoms with Crippen LogP contribution in [-0.4, -0.2) is 41.1 Å². The first-order valence-corrected chi connectivity index (χ1v) is 6.70. The van der Waals surface area contributed by atoms with E-state index in [1.54, 1.807) is 11.8 Å². The van der Waals surface area contributed by atoms with E-state index in [1.807, 2.05) is 0 Å². The summed E-state index contributed by atoms with van der Waals surface area (Å²) in [6.07, 6.45) is 2.61. The van der Waals surface area contributed by atoms with Crippen molar-refractivity contribution >= 4 is 12.0 Å². The first-order chi connectivity index (χ1) is 8.43. The van der Waals surface area contributed by atoms with Crippen LogP contribution in [0.3, 0.4) is 0 Å². The first-order valence-electron chi connectivity index (χ1n) is 6.70. The molecule has 0 aromatic rings. The molecule has 1 heterocycles. The highest BCUT2D eigenvalue weighted by molar-refractivity contribution is 5.78. The maximum atomic E-state index is 11.9. The Hall–Kier alpha value is -1.26. The molecule has 0 aromatic heterocycles. The van der Waals surface area contributed by atoms with Crippen LogP contribution in [0.15, 0.2) is 0 Å². The summed E-state index contributed by atoms with van der Waals surface area (Å²) in [7, 11) is 0. The lowest BCUT2D eigenvalue weighted by Crippen LogP contribution is -2.44. The molecule has 0 aromatic carbocycles. The van der Waals surface area contributed by atoms with Crippen molar-refractivity contribution in [2.75, 3.05) is 13.1 Å². The fourth-order valence-electron chi connectivity index (χ4n) is 2.36. The Morgan fingerprint density at radius 3 is 2.61 bits per heavy atom. The number of carbonyl (C=O) groups excluding carboxylic acids is 1. The summed E-state index contributed by atoms with van der Waals surface area (Å²) < 4.78 is 0. The Morgan fingerprint density at radius 2 is 2.11 bits per heavy atom. The Bertz CT molecular complexity index is 305. The van der Waals surface area contributed by atoms with Gasteiger partial charge in [0, 0.05) is 19.1 Å². The molecule has 1 rings (SSSR count). The van der Waals surface area contributed by atoms with Crippen molar-refractivity contribution in [3.63, 3.8) is 0 Å². The third-order valence-corrected chi connectivity index (χ3v) is 3.57. The van der Waals surface area contributed by atoms with Crippen molar-refractivity contribution in [3.8, 4) is 0 Å². The molecule has 2 N–H and O–H groups in total. The van der Waals surface area contributed by atoms with Crippen LogP contribution in [-0.2, 0) is 4.79 Å². The number of aliphatic carboxylic acids is 1. The maximum Gasteiger partial charge on any atom is 0.317 e. The van der Waals surface area contributed by atoms with Crippen molar-refractivity contribution in [3.05, 3.63) is 0 Å². The number of carbonyl (C=O) groups is 2. The van der Waals surface area contributed by atoms with E-state index in [9.17, 15) is 9.59 Å². The Labute approximate surface area is 109 Å². The Balaban J connectivity index is 2.32. The van der Waals surface area contributed by atoms with Gasteiger partial charge in [0.25, 0.3) is 0 Å². The molecule has 1 fully saturated rings. The monoisotopic (exact) mass is 256 g/mol. The van der Waals surface area contributed by atoms with Gasteiger partial charge in [0.05, 0.1) is 5.92 Å². The van der Waals surface area contributed by atoms with Gasteiger partial charge in [0.2, 0.25) is 0 Å². The number of nitrogens with zero attached hydrogens (tertiary/aromatic N) is 1. The van der Waals surface area contributed by atoms with Crippen LogP contribution >= 0.6 is 0 Å². The standard InChI is InChI=1S/C13H24N2O3/c1-9(2)5-4-7-14-13(18)15-8-6-11(10(15)3)12(16)17/h9-11H,4-8H2,1-3H3,(H,14,18)(H,16,17). The van der Waals surface area contributed by atoms with E-state index in [4.69, 9.17) is 5.11 Å². The molecule has 2 unspecified atom stereocenters. The molecule has 2 atom stereocenters. The van der Waals surface area contributed by atoms with E-state index in [-0.39, 0.29) is 12.1 Å². The van der Waals surface area contributed by atoms with Gasteiger partial charge in [0.15, 0.2) is 0 Å². The summed E-state index contributed by atoms with van der Waals surface area (Å²) in [5, 5.41) is 11.9. The highest BCUT2D eigenvalue weighted by Crippen LogP contribution is 2.24. The third kappa shape index (κ3) is 3.89. The number of amides is 2. The second kappa shape index (κ2) is 6.61. The number of nitrogens with one attached hydrogen (secondary N) is 1. The molecule has 18 heavy (non-hydrogen) atoms. The number of hydrogen-bond donors (Lipinski definition) is 2. The molecule has 0 aliphatic carbocycles. The molecule has 5 nitrogen and oxygen atoms in total. The van der Waals surface area contributed by atoms with Crippen LogP contribution in [0.25, 0.3) is 0 Å². The molecule has 1 aliphatic heterocycles. The van der Waals surface area contributed by atoms with E-state index in [0.29, 0.717) is 25.4 Å². The number of rotatable bonds is 5. The van der Waals surface area contributed by atoms with Gasteiger partial charge in [-0.05, 0) is 32.1 Å². The quantitative estimate of drug-likeness (QED) is 0.738. The lowest BCUT2D eigenvalue weighted by Gasteiger charge is -2.23. The maximum absolute atomic E-state index is 11.9. The molecule has 1 saturated heterocycles. The molecule has 104 valence electrons. The summed E-state index contributed by atoms with van der Waals surface area (Å²) in [4.78, 5) is 24.5. The van der Waals surface area contributed by atoms with Crippen LogP contribution in [0, 0.1) is 11.8 Å². The molecule has 0 saturated carbocycles. The van der Waals surface area contributed by atoms with Gasteiger partial charge in [-0.1, -0.05) is 13.8 Å². The minimum atomic E-state index is -0.808. The number of likely N-dealkylation sites (tertiary alicyclic amines) is 1. The lowest BCUT2D eigenvalue weighted by molar-refractivity contribution is -0.142. The van der Waals surface area contributed by atoms with Gasteiger partial charge in [-0.15, -0.1) is 0 Å². The number of urea groups is 1. The smallest absolute Gasteiger partial charge is 0.317 e. The van der Waals surface area contributed by atoms with Gasteiger partial charge in [-0.25, -0.2) is 4.79 Å². The zero-order chi connectivity index (χ0) is 13.7. The van der Waals surface area contributed by atoms with E-state index in [2.05, 4.69) is 19.2 Å². The summed E-state index contributed by atoms with van der Waals surface area (Å²) >= 11 is 0. The first kappa shape index (κ1) is 14.8. The number of hydrogen-bond acceptors (Lipinski definition) is 2. The molecule has 2 amide bonds. The largest absolute Gasteiger partial charge is 0.481 e.